The highest BCUT2D eigenvalue weighted by Crippen LogP contribution is 2.32. The Kier molecular flexibility index (Phi) is 2.27. The van der Waals surface area contributed by atoms with Gasteiger partial charge in [0, 0.05) is 6.08 Å². The minimum atomic E-state index is -0.361. The van der Waals surface area contributed by atoms with Gasteiger partial charge in [-0.2, -0.15) is 5.26 Å². The topological polar surface area (TPSA) is 50.1 Å². The van der Waals surface area contributed by atoms with Crippen molar-refractivity contribution in [1.29, 1.82) is 5.26 Å². The van der Waals surface area contributed by atoms with Crippen LogP contribution in [0.4, 0.5) is 0 Å². The maximum Gasteiger partial charge on any atom is 0.330 e. The van der Waals surface area contributed by atoms with Crippen LogP contribution in [0.2, 0.25) is 0 Å². The van der Waals surface area contributed by atoms with Gasteiger partial charge in [-0.3, -0.25) is 0 Å². The first-order valence-corrected chi connectivity index (χ1v) is 3.46. The Labute approximate surface area is 65.3 Å². The summed E-state index contributed by atoms with van der Waals surface area (Å²) in [4.78, 5) is 10.7. The van der Waals surface area contributed by atoms with Crippen molar-refractivity contribution >= 4 is 5.97 Å². The molecule has 0 amide bonds. The average molecular weight is 151 g/mol. The van der Waals surface area contributed by atoms with Crippen LogP contribution in [0.25, 0.3) is 0 Å². The fourth-order valence-corrected chi connectivity index (χ4v) is 0.986. The van der Waals surface area contributed by atoms with Crippen LogP contribution in [0.1, 0.15) is 12.8 Å². The van der Waals surface area contributed by atoms with Gasteiger partial charge in [0.1, 0.15) is 0 Å². The number of rotatable bonds is 1. The van der Waals surface area contributed by atoms with Crippen LogP contribution in [0.3, 0.4) is 0 Å². The summed E-state index contributed by atoms with van der Waals surface area (Å²) in [5.41, 5.74) is 0.902. The molecule has 0 saturated heterocycles. The molecule has 1 atom stereocenters. The summed E-state index contributed by atoms with van der Waals surface area (Å²) in [5, 5.41) is 8.50. The number of allylic oxidation sites excluding steroid dienone is 1. The van der Waals surface area contributed by atoms with Gasteiger partial charge in [0.15, 0.2) is 0 Å². The van der Waals surface area contributed by atoms with Crippen LogP contribution in [0.5, 0.6) is 0 Å². The van der Waals surface area contributed by atoms with Crippen molar-refractivity contribution < 1.29 is 9.53 Å². The summed E-state index contributed by atoms with van der Waals surface area (Å²) in [5.74, 6) is -0.408. The van der Waals surface area contributed by atoms with Crippen molar-refractivity contribution in [3.05, 3.63) is 11.6 Å². The number of esters is 1. The second-order valence-electron chi connectivity index (χ2n) is 2.46. The van der Waals surface area contributed by atoms with Gasteiger partial charge in [0.25, 0.3) is 0 Å². The number of hydrogen-bond donors (Lipinski definition) is 0. The van der Waals surface area contributed by atoms with E-state index in [9.17, 15) is 4.79 Å². The van der Waals surface area contributed by atoms with E-state index < -0.39 is 0 Å². The van der Waals surface area contributed by atoms with Crippen molar-refractivity contribution in [2.24, 2.45) is 5.92 Å². The largest absolute Gasteiger partial charge is 0.466 e. The standard InChI is InChI=1S/C8H9NO2/c1-11-8(10)4-6-2-3-7(6)5-9/h4,7H,2-3H2,1H3. The fraction of sp³-hybridized carbons (Fsp3) is 0.500. The summed E-state index contributed by atoms with van der Waals surface area (Å²) >= 11 is 0. The molecule has 0 heterocycles. The summed E-state index contributed by atoms with van der Waals surface area (Å²) in [6.45, 7) is 0. The van der Waals surface area contributed by atoms with E-state index in [0.29, 0.717) is 0 Å². The molecule has 0 aromatic carbocycles. The quantitative estimate of drug-likeness (QED) is 0.415. The van der Waals surface area contributed by atoms with Crippen LogP contribution < -0.4 is 0 Å². The van der Waals surface area contributed by atoms with E-state index >= 15 is 0 Å². The molecule has 0 N–H and O–H groups in total. The Morgan fingerprint density at radius 1 is 1.91 bits per heavy atom. The van der Waals surface area contributed by atoms with Gasteiger partial charge in [-0.25, -0.2) is 4.79 Å². The molecule has 3 nitrogen and oxygen atoms in total. The Hall–Kier alpha value is -1.30. The van der Waals surface area contributed by atoms with Gasteiger partial charge in [-0.15, -0.1) is 0 Å². The number of carbonyl (C=O) groups excluding carboxylic acids is 1. The van der Waals surface area contributed by atoms with E-state index in [4.69, 9.17) is 5.26 Å². The predicted octanol–water partition coefficient (Wildman–Crippen LogP) is 1.02. The zero-order valence-electron chi connectivity index (χ0n) is 6.33. The lowest BCUT2D eigenvalue weighted by Crippen LogP contribution is -2.15. The predicted molar refractivity (Wildman–Crippen MR) is 38.4 cm³/mol. The molecule has 0 spiro atoms. The molecule has 11 heavy (non-hydrogen) atoms. The zero-order chi connectivity index (χ0) is 8.27. The molecule has 58 valence electrons. The first-order chi connectivity index (χ1) is 5.27. The van der Waals surface area contributed by atoms with E-state index in [-0.39, 0.29) is 11.9 Å². The van der Waals surface area contributed by atoms with Crippen molar-refractivity contribution in [3.63, 3.8) is 0 Å². The van der Waals surface area contributed by atoms with Crippen LogP contribution in [-0.2, 0) is 9.53 Å². The molecular formula is C8H9NO2. The molecule has 3 heteroatoms. The number of ether oxygens (including phenoxy) is 1. The monoisotopic (exact) mass is 151 g/mol. The van der Waals surface area contributed by atoms with Gasteiger partial charge in [-0.1, -0.05) is 0 Å². The van der Waals surface area contributed by atoms with Crippen LogP contribution in [-0.4, -0.2) is 13.1 Å². The van der Waals surface area contributed by atoms with E-state index in [0.717, 1.165) is 18.4 Å². The Morgan fingerprint density at radius 3 is 3.00 bits per heavy atom. The molecule has 0 radical (unpaired) electrons. The van der Waals surface area contributed by atoms with Crippen LogP contribution in [0, 0.1) is 17.2 Å². The number of nitriles is 1. The maximum absolute atomic E-state index is 10.7. The number of carbonyl (C=O) groups is 1. The molecule has 0 aliphatic heterocycles. The minimum Gasteiger partial charge on any atom is -0.466 e. The van der Waals surface area contributed by atoms with Crippen molar-refractivity contribution in [2.45, 2.75) is 12.8 Å². The molecule has 0 aromatic heterocycles. The first kappa shape index (κ1) is 7.80. The molecule has 1 rings (SSSR count). The van der Waals surface area contributed by atoms with Crippen molar-refractivity contribution in [3.8, 4) is 6.07 Å². The second-order valence-corrected chi connectivity index (χ2v) is 2.46. The molecule has 1 unspecified atom stereocenters. The van der Waals surface area contributed by atoms with Crippen molar-refractivity contribution in [1.82, 2.24) is 0 Å². The summed E-state index contributed by atoms with van der Waals surface area (Å²) in [6, 6.07) is 2.10. The zero-order valence-corrected chi connectivity index (χ0v) is 6.33. The molecular weight excluding hydrogens is 142 g/mol. The van der Waals surface area contributed by atoms with E-state index in [1.807, 2.05) is 0 Å². The van der Waals surface area contributed by atoms with E-state index in [1.165, 1.54) is 13.2 Å². The Balaban J connectivity index is 2.55. The highest BCUT2D eigenvalue weighted by Gasteiger charge is 2.24. The smallest absolute Gasteiger partial charge is 0.330 e. The normalized spacial score (nSPS) is 25.5. The number of methoxy groups -OCH3 is 1. The lowest BCUT2D eigenvalue weighted by molar-refractivity contribution is -0.134. The third kappa shape index (κ3) is 1.58. The van der Waals surface area contributed by atoms with Crippen LogP contribution in [0.15, 0.2) is 11.6 Å². The highest BCUT2D eigenvalue weighted by atomic mass is 16.5. The molecule has 0 bridgehead atoms. The lowest BCUT2D eigenvalue weighted by atomic mass is 9.80. The summed E-state index contributed by atoms with van der Waals surface area (Å²) < 4.78 is 4.42. The third-order valence-electron chi connectivity index (χ3n) is 1.83. The number of nitrogens with zero attached hydrogens (tertiary/aromatic N) is 1. The van der Waals surface area contributed by atoms with Crippen molar-refractivity contribution in [2.75, 3.05) is 7.11 Å². The molecule has 0 aromatic rings. The SMILES string of the molecule is COC(=O)C=C1CCC1C#N. The molecule has 1 fully saturated rings. The minimum absolute atomic E-state index is 0.0471. The average Bonchev–Trinajstić information content (AvgIpc) is 1.98. The molecule has 1 aliphatic rings. The maximum atomic E-state index is 10.7. The van der Waals surface area contributed by atoms with E-state index in [2.05, 4.69) is 10.8 Å². The third-order valence-corrected chi connectivity index (χ3v) is 1.83. The summed E-state index contributed by atoms with van der Waals surface area (Å²) in [7, 11) is 1.33. The van der Waals surface area contributed by atoms with Gasteiger partial charge < -0.3 is 4.74 Å². The lowest BCUT2D eigenvalue weighted by Gasteiger charge is -2.22. The van der Waals surface area contributed by atoms with E-state index in [1.54, 1.807) is 0 Å². The Morgan fingerprint density at radius 2 is 2.64 bits per heavy atom. The number of hydrogen-bond acceptors (Lipinski definition) is 3. The van der Waals surface area contributed by atoms with Gasteiger partial charge >= 0.3 is 5.97 Å². The highest BCUT2D eigenvalue weighted by molar-refractivity contribution is 5.83. The Bertz CT molecular complexity index is 237. The van der Waals surface area contributed by atoms with Gasteiger partial charge in [0.2, 0.25) is 0 Å². The fourth-order valence-electron chi connectivity index (χ4n) is 0.986. The first-order valence-electron chi connectivity index (χ1n) is 3.46. The summed E-state index contributed by atoms with van der Waals surface area (Å²) in [6.07, 6.45) is 3.14. The molecule has 1 saturated carbocycles. The van der Waals surface area contributed by atoms with Gasteiger partial charge in [-0.05, 0) is 18.4 Å². The molecule has 1 aliphatic carbocycles. The second kappa shape index (κ2) is 3.20. The van der Waals surface area contributed by atoms with Gasteiger partial charge in [0.05, 0.1) is 19.1 Å². The van der Waals surface area contributed by atoms with Crippen LogP contribution >= 0.6 is 0 Å².